The van der Waals surface area contributed by atoms with Gasteiger partial charge in [0.15, 0.2) is 0 Å². The van der Waals surface area contributed by atoms with E-state index in [1.807, 2.05) is 0 Å². The molecule has 0 atom stereocenters. The first-order chi connectivity index (χ1) is 11.2. The maximum absolute atomic E-state index is 11.8. The van der Waals surface area contributed by atoms with Crippen LogP contribution < -0.4 is 35.0 Å². The number of nitrogens with one attached hydrogen (secondary N) is 1. The molecule has 24 heavy (non-hydrogen) atoms. The summed E-state index contributed by atoms with van der Waals surface area (Å²) in [4.78, 5) is 0.176. The van der Waals surface area contributed by atoms with Crippen LogP contribution in [-0.2, 0) is 14.4 Å². The van der Waals surface area contributed by atoms with Gasteiger partial charge in [-0.2, -0.15) is 18.2 Å². The summed E-state index contributed by atoms with van der Waals surface area (Å²) in [7, 11) is -3.68. The van der Waals surface area contributed by atoms with Crippen molar-refractivity contribution in [3.8, 4) is 0 Å². The Kier molecular flexibility index (Phi) is 15.4. The summed E-state index contributed by atoms with van der Waals surface area (Å²) >= 11 is 0. The van der Waals surface area contributed by atoms with Crippen molar-refractivity contribution in [2.75, 3.05) is 6.54 Å². The molecule has 0 spiro atoms. The summed E-state index contributed by atoms with van der Waals surface area (Å²) < 4.78 is 28.5. The minimum Gasteiger partial charge on any atom is -1.00 e. The van der Waals surface area contributed by atoms with Gasteiger partial charge in [0.1, 0.15) is 0 Å². The SMILES string of the molecule is CCCCCCCCCCCCNOS(=O)(=O)c1ccccc1.[H-].[Na+]. The summed E-state index contributed by atoms with van der Waals surface area (Å²) in [6, 6.07) is 8.18. The Morgan fingerprint density at radius 1 is 0.875 bits per heavy atom. The van der Waals surface area contributed by atoms with Crippen molar-refractivity contribution < 1.29 is 43.7 Å². The molecule has 0 aliphatic carbocycles. The first kappa shape index (κ1) is 24.1. The third kappa shape index (κ3) is 11.6. The first-order valence-electron chi connectivity index (χ1n) is 8.88. The Bertz CT molecular complexity index is 500. The van der Waals surface area contributed by atoms with E-state index in [0.717, 1.165) is 12.8 Å². The van der Waals surface area contributed by atoms with Gasteiger partial charge in [-0.1, -0.05) is 82.9 Å². The molecule has 0 aliphatic rings. The van der Waals surface area contributed by atoms with Crippen LogP contribution in [0.5, 0.6) is 0 Å². The minimum atomic E-state index is -3.68. The van der Waals surface area contributed by atoms with Crippen molar-refractivity contribution in [2.24, 2.45) is 0 Å². The zero-order valence-corrected chi connectivity index (χ0v) is 18.1. The number of rotatable bonds is 14. The van der Waals surface area contributed by atoms with Gasteiger partial charge in [-0.25, -0.2) is 0 Å². The molecule has 1 N–H and O–H groups in total. The molecule has 6 heteroatoms. The van der Waals surface area contributed by atoms with Crippen LogP contribution in [0.3, 0.4) is 0 Å². The van der Waals surface area contributed by atoms with E-state index >= 15 is 0 Å². The fourth-order valence-corrected chi connectivity index (χ4v) is 3.26. The van der Waals surface area contributed by atoms with Crippen LogP contribution in [0.2, 0.25) is 0 Å². The fourth-order valence-electron chi connectivity index (χ4n) is 2.44. The summed E-state index contributed by atoms with van der Waals surface area (Å²) in [5, 5.41) is 0. The topological polar surface area (TPSA) is 55.4 Å². The zero-order valence-electron chi connectivity index (χ0n) is 16.3. The third-order valence-electron chi connectivity index (χ3n) is 3.83. The molecule has 0 amide bonds. The number of hydrogen-bond donors (Lipinski definition) is 1. The molecule has 0 aromatic heterocycles. The van der Waals surface area contributed by atoms with Crippen molar-refractivity contribution in [1.29, 1.82) is 0 Å². The molecule has 0 saturated carbocycles. The van der Waals surface area contributed by atoms with E-state index < -0.39 is 10.1 Å². The van der Waals surface area contributed by atoms with Gasteiger partial charge < -0.3 is 1.43 Å². The van der Waals surface area contributed by atoms with E-state index in [1.54, 1.807) is 18.2 Å². The molecule has 1 aromatic rings. The molecule has 0 radical (unpaired) electrons. The molecule has 0 bridgehead atoms. The second-order valence-electron chi connectivity index (χ2n) is 5.93. The molecule has 0 fully saturated rings. The van der Waals surface area contributed by atoms with E-state index in [1.165, 1.54) is 63.5 Å². The normalized spacial score (nSPS) is 11.2. The largest absolute Gasteiger partial charge is 1.00 e. The van der Waals surface area contributed by atoms with E-state index in [0.29, 0.717) is 6.54 Å². The van der Waals surface area contributed by atoms with Crippen LogP contribution in [0.15, 0.2) is 35.2 Å². The predicted molar refractivity (Wildman–Crippen MR) is 95.7 cm³/mol. The first-order valence-corrected chi connectivity index (χ1v) is 10.3. The van der Waals surface area contributed by atoms with Gasteiger partial charge >= 0.3 is 39.7 Å². The van der Waals surface area contributed by atoms with Crippen molar-refractivity contribution in [2.45, 2.75) is 76.0 Å². The van der Waals surface area contributed by atoms with Gasteiger partial charge in [0, 0.05) is 6.54 Å². The standard InChI is InChI=1S/C18H31NO3S.Na.H/c1-2-3-4-5-6-7-8-9-10-14-17-19-22-23(20,21)18-15-12-11-13-16-18;;/h11-13,15-16,19H,2-10,14,17H2,1H3;;/q;+1;-1. The quantitative estimate of drug-likeness (QED) is 0.311. The van der Waals surface area contributed by atoms with E-state index in [4.69, 9.17) is 4.28 Å². The Labute approximate surface area is 171 Å². The Balaban J connectivity index is 0. The van der Waals surface area contributed by atoms with Gasteiger partial charge in [0.25, 0.3) is 0 Å². The molecule has 0 saturated heterocycles. The number of benzene rings is 1. The van der Waals surface area contributed by atoms with E-state index in [2.05, 4.69) is 12.4 Å². The molecule has 1 rings (SSSR count). The van der Waals surface area contributed by atoms with Crippen molar-refractivity contribution in [3.63, 3.8) is 0 Å². The molecule has 4 nitrogen and oxygen atoms in total. The average Bonchev–Trinajstić information content (AvgIpc) is 2.56. The maximum atomic E-state index is 11.8. The summed E-state index contributed by atoms with van der Waals surface area (Å²) in [6.45, 7) is 2.80. The Morgan fingerprint density at radius 2 is 1.38 bits per heavy atom. The van der Waals surface area contributed by atoms with Crippen molar-refractivity contribution in [1.82, 2.24) is 5.48 Å². The molecule has 0 aliphatic heterocycles. The van der Waals surface area contributed by atoms with Crippen LogP contribution in [0.25, 0.3) is 0 Å². The number of hydrogen-bond acceptors (Lipinski definition) is 4. The van der Waals surface area contributed by atoms with Crippen LogP contribution in [0, 0.1) is 0 Å². The number of unbranched alkanes of at least 4 members (excludes halogenated alkanes) is 9. The summed E-state index contributed by atoms with van der Waals surface area (Å²) in [5.41, 5.74) is 2.56. The van der Waals surface area contributed by atoms with Gasteiger partial charge in [0.05, 0.1) is 4.90 Å². The van der Waals surface area contributed by atoms with E-state index in [-0.39, 0.29) is 35.9 Å². The van der Waals surface area contributed by atoms with Crippen LogP contribution >= 0.6 is 0 Å². The van der Waals surface area contributed by atoms with Crippen molar-refractivity contribution >= 4 is 10.1 Å². The summed E-state index contributed by atoms with van der Waals surface area (Å²) in [5.74, 6) is 0. The van der Waals surface area contributed by atoms with E-state index in [9.17, 15) is 8.42 Å². The molecule has 0 heterocycles. The third-order valence-corrected chi connectivity index (χ3v) is 5.02. The summed E-state index contributed by atoms with van der Waals surface area (Å²) in [6.07, 6.45) is 12.6. The van der Waals surface area contributed by atoms with Crippen LogP contribution in [0.1, 0.15) is 72.6 Å². The maximum Gasteiger partial charge on any atom is 1.00 e. The van der Waals surface area contributed by atoms with Gasteiger partial charge in [0.2, 0.25) is 0 Å². The van der Waals surface area contributed by atoms with Gasteiger partial charge in [-0.15, -0.1) is 0 Å². The van der Waals surface area contributed by atoms with Gasteiger partial charge in [-0.05, 0) is 18.6 Å². The number of hydroxylamine groups is 1. The fraction of sp³-hybridized carbons (Fsp3) is 0.667. The molecular formula is C18H32NNaO3S. The average molecular weight is 366 g/mol. The molecule has 1 aromatic carbocycles. The van der Waals surface area contributed by atoms with Crippen LogP contribution in [-0.4, -0.2) is 15.0 Å². The smallest absolute Gasteiger partial charge is 1.00 e. The zero-order chi connectivity index (χ0) is 16.8. The predicted octanol–water partition coefficient (Wildman–Crippen LogP) is 1.93. The Hall–Kier alpha value is 0.0900. The Morgan fingerprint density at radius 3 is 1.92 bits per heavy atom. The second-order valence-corrected chi connectivity index (χ2v) is 7.47. The van der Waals surface area contributed by atoms with Crippen molar-refractivity contribution in [3.05, 3.63) is 30.3 Å². The molecule has 0 unspecified atom stereocenters. The van der Waals surface area contributed by atoms with Gasteiger partial charge in [-0.3, -0.25) is 0 Å². The molecular weight excluding hydrogens is 333 g/mol. The molecule has 134 valence electrons. The monoisotopic (exact) mass is 365 g/mol. The minimum absolute atomic E-state index is 0. The second kappa shape index (κ2) is 15.4. The van der Waals surface area contributed by atoms with Crippen LogP contribution in [0.4, 0.5) is 0 Å².